The number of rotatable bonds is 5. The molecule has 2 aromatic rings. The lowest BCUT2D eigenvalue weighted by Crippen LogP contribution is -2.12. The third kappa shape index (κ3) is 3.40. The number of aromatic nitrogens is 2. The van der Waals surface area contributed by atoms with Crippen molar-refractivity contribution in [3.8, 4) is 0 Å². The monoisotopic (exact) mass is 311 g/mol. The second kappa shape index (κ2) is 6.11. The van der Waals surface area contributed by atoms with Crippen LogP contribution in [0.2, 0.25) is 0 Å². The Morgan fingerprint density at radius 1 is 1.39 bits per heavy atom. The first kappa shape index (κ1) is 13.2. The largest absolute Gasteiger partial charge is 0.311 e. The summed E-state index contributed by atoms with van der Waals surface area (Å²) in [4.78, 5) is 0. The first-order valence-corrected chi connectivity index (χ1v) is 6.65. The lowest BCUT2D eigenvalue weighted by molar-refractivity contribution is 0.579. The lowest BCUT2D eigenvalue weighted by Gasteiger charge is -2.04. The molecule has 0 bridgehead atoms. The second-order valence-electron chi connectivity index (χ2n) is 4.02. The number of nitrogens with one attached hydrogen (secondary N) is 1. The molecule has 0 unspecified atom stereocenters. The normalized spacial score (nSPS) is 10.8. The van der Waals surface area contributed by atoms with Gasteiger partial charge in [-0.1, -0.05) is 28.9 Å². The fourth-order valence-corrected chi connectivity index (χ4v) is 2.00. The molecule has 18 heavy (non-hydrogen) atoms. The molecule has 1 N–H and O–H groups in total. The molecule has 0 radical (unpaired) electrons. The van der Waals surface area contributed by atoms with Crippen LogP contribution in [0.1, 0.15) is 18.2 Å². The highest BCUT2D eigenvalue weighted by molar-refractivity contribution is 9.10. The van der Waals surface area contributed by atoms with Gasteiger partial charge in [0.25, 0.3) is 0 Å². The van der Waals surface area contributed by atoms with E-state index >= 15 is 0 Å². The van der Waals surface area contributed by atoms with Crippen LogP contribution >= 0.6 is 15.9 Å². The van der Waals surface area contributed by atoms with Crippen molar-refractivity contribution in [2.75, 3.05) is 6.54 Å². The van der Waals surface area contributed by atoms with E-state index in [1.54, 1.807) is 10.7 Å². The minimum Gasteiger partial charge on any atom is -0.311 e. The van der Waals surface area contributed by atoms with E-state index in [2.05, 4.69) is 26.3 Å². The number of nitrogens with zero attached hydrogens (tertiary/aromatic N) is 2. The van der Waals surface area contributed by atoms with Crippen LogP contribution < -0.4 is 5.32 Å². The van der Waals surface area contributed by atoms with Crippen molar-refractivity contribution < 1.29 is 4.39 Å². The van der Waals surface area contributed by atoms with Crippen LogP contribution in [-0.4, -0.2) is 16.3 Å². The maximum atomic E-state index is 13.7. The molecule has 0 aliphatic heterocycles. The number of benzene rings is 1. The zero-order chi connectivity index (χ0) is 13.0. The molecule has 0 saturated carbocycles. The van der Waals surface area contributed by atoms with Crippen molar-refractivity contribution >= 4 is 15.9 Å². The molecule has 0 amide bonds. The highest BCUT2D eigenvalue weighted by Gasteiger charge is 2.05. The maximum Gasteiger partial charge on any atom is 0.129 e. The van der Waals surface area contributed by atoms with Crippen molar-refractivity contribution in [1.29, 1.82) is 0 Å². The van der Waals surface area contributed by atoms with Crippen LogP contribution in [-0.2, 0) is 13.1 Å². The minimum absolute atomic E-state index is 0.215. The summed E-state index contributed by atoms with van der Waals surface area (Å²) >= 11 is 3.24. The van der Waals surface area contributed by atoms with Crippen LogP contribution in [0.5, 0.6) is 0 Å². The van der Waals surface area contributed by atoms with E-state index in [0.29, 0.717) is 12.1 Å². The molecule has 0 spiro atoms. The smallest absolute Gasteiger partial charge is 0.129 e. The van der Waals surface area contributed by atoms with Crippen molar-refractivity contribution in [2.24, 2.45) is 0 Å². The molecule has 1 aromatic heterocycles. The summed E-state index contributed by atoms with van der Waals surface area (Å²) < 4.78 is 16.2. The first-order chi connectivity index (χ1) is 8.69. The Morgan fingerprint density at radius 2 is 2.22 bits per heavy atom. The SMILES string of the molecule is CCNCc1ccn(Cc2ccc(Br)cc2F)n1. The quantitative estimate of drug-likeness (QED) is 0.920. The van der Waals surface area contributed by atoms with E-state index in [1.807, 2.05) is 25.3 Å². The molecule has 0 fully saturated rings. The Balaban J connectivity index is 2.06. The zero-order valence-electron chi connectivity index (χ0n) is 10.2. The highest BCUT2D eigenvalue weighted by atomic mass is 79.9. The average Bonchev–Trinajstić information content (AvgIpc) is 2.78. The molecule has 3 nitrogen and oxygen atoms in total. The number of hydrogen-bond acceptors (Lipinski definition) is 2. The zero-order valence-corrected chi connectivity index (χ0v) is 11.7. The molecular weight excluding hydrogens is 297 g/mol. The molecule has 1 heterocycles. The van der Waals surface area contributed by atoms with Gasteiger partial charge in [0.15, 0.2) is 0 Å². The third-order valence-corrected chi connectivity index (χ3v) is 3.09. The molecule has 0 atom stereocenters. The van der Waals surface area contributed by atoms with Gasteiger partial charge in [-0.15, -0.1) is 0 Å². The van der Waals surface area contributed by atoms with E-state index in [-0.39, 0.29) is 5.82 Å². The molecule has 0 aliphatic carbocycles. The van der Waals surface area contributed by atoms with Crippen LogP contribution in [0.4, 0.5) is 4.39 Å². The van der Waals surface area contributed by atoms with Crippen molar-refractivity contribution in [3.05, 3.63) is 52.0 Å². The van der Waals surface area contributed by atoms with Gasteiger partial charge >= 0.3 is 0 Å². The Morgan fingerprint density at radius 3 is 2.94 bits per heavy atom. The molecular formula is C13H15BrFN3. The summed E-state index contributed by atoms with van der Waals surface area (Å²) in [6.45, 7) is 4.15. The van der Waals surface area contributed by atoms with E-state index in [4.69, 9.17) is 0 Å². The van der Waals surface area contributed by atoms with Gasteiger partial charge in [0.2, 0.25) is 0 Å². The van der Waals surface area contributed by atoms with Crippen LogP contribution in [0.15, 0.2) is 34.9 Å². The van der Waals surface area contributed by atoms with Crippen molar-refractivity contribution in [3.63, 3.8) is 0 Å². The summed E-state index contributed by atoms with van der Waals surface area (Å²) in [5.74, 6) is -0.215. The third-order valence-electron chi connectivity index (χ3n) is 2.60. The Kier molecular flexibility index (Phi) is 4.49. The summed E-state index contributed by atoms with van der Waals surface area (Å²) in [6, 6.07) is 7.02. The molecule has 2 rings (SSSR count). The lowest BCUT2D eigenvalue weighted by atomic mass is 10.2. The number of hydrogen-bond donors (Lipinski definition) is 1. The predicted molar refractivity (Wildman–Crippen MR) is 72.8 cm³/mol. The van der Waals surface area contributed by atoms with Crippen molar-refractivity contribution in [1.82, 2.24) is 15.1 Å². The van der Waals surface area contributed by atoms with Gasteiger partial charge in [0, 0.05) is 22.8 Å². The van der Waals surface area contributed by atoms with Crippen LogP contribution in [0.3, 0.4) is 0 Å². The fraction of sp³-hybridized carbons (Fsp3) is 0.308. The summed E-state index contributed by atoms with van der Waals surface area (Å²) in [7, 11) is 0. The second-order valence-corrected chi connectivity index (χ2v) is 4.94. The summed E-state index contributed by atoms with van der Waals surface area (Å²) in [5.41, 5.74) is 1.60. The van der Waals surface area contributed by atoms with E-state index in [9.17, 15) is 4.39 Å². The summed E-state index contributed by atoms with van der Waals surface area (Å²) in [6.07, 6.45) is 1.87. The number of halogens is 2. The van der Waals surface area contributed by atoms with Crippen LogP contribution in [0.25, 0.3) is 0 Å². The topological polar surface area (TPSA) is 29.9 Å². The Bertz CT molecular complexity index is 525. The van der Waals surface area contributed by atoms with Gasteiger partial charge in [-0.05, 0) is 24.7 Å². The minimum atomic E-state index is -0.215. The molecule has 1 aromatic carbocycles. The van der Waals surface area contributed by atoms with E-state index in [0.717, 1.165) is 23.3 Å². The standard InChI is InChI=1S/C13H15BrFN3/c1-2-16-8-12-5-6-18(17-12)9-10-3-4-11(14)7-13(10)15/h3-7,16H,2,8-9H2,1H3. The van der Waals surface area contributed by atoms with Gasteiger partial charge in [-0.3, -0.25) is 4.68 Å². The maximum absolute atomic E-state index is 13.7. The molecule has 96 valence electrons. The van der Waals surface area contributed by atoms with Gasteiger partial charge in [0.05, 0.1) is 12.2 Å². The molecule has 5 heteroatoms. The molecule has 0 aliphatic rings. The van der Waals surface area contributed by atoms with Gasteiger partial charge in [-0.25, -0.2) is 4.39 Å². The molecule has 0 saturated heterocycles. The van der Waals surface area contributed by atoms with Crippen molar-refractivity contribution in [2.45, 2.75) is 20.0 Å². The van der Waals surface area contributed by atoms with Gasteiger partial charge in [0.1, 0.15) is 5.82 Å². The van der Waals surface area contributed by atoms with Gasteiger partial charge < -0.3 is 5.32 Å². The van der Waals surface area contributed by atoms with Crippen LogP contribution in [0, 0.1) is 5.82 Å². The van der Waals surface area contributed by atoms with Gasteiger partial charge in [-0.2, -0.15) is 5.10 Å². The first-order valence-electron chi connectivity index (χ1n) is 5.86. The fourth-order valence-electron chi connectivity index (χ4n) is 1.66. The Hall–Kier alpha value is -1.20. The summed E-state index contributed by atoms with van der Waals surface area (Å²) in [5, 5.41) is 7.59. The van der Waals surface area contributed by atoms with E-state index < -0.39 is 0 Å². The average molecular weight is 312 g/mol. The Labute approximate surface area is 114 Å². The highest BCUT2D eigenvalue weighted by Crippen LogP contribution is 2.16. The predicted octanol–water partition coefficient (Wildman–Crippen LogP) is 2.94. The van der Waals surface area contributed by atoms with E-state index in [1.165, 1.54) is 6.07 Å².